The van der Waals surface area contributed by atoms with Crippen LogP contribution in [-0.4, -0.2) is 44.4 Å². The summed E-state index contributed by atoms with van der Waals surface area (Å²) in [6, 6.07) is 1.28. The van der Waals surface area contributed by atoms with Crippen molar-refractivity contribution < 1.29 is 0 Å². The lowest BCUT2D eigenvalue weighted by Crippen LogP contribution is -2.50. The lowest BCUT2D eigenvalue weighted by atomic mass is 10.4. The Kier molecular flexibility index (Phi) is 3.79. The molecule has 0 unspecified atom stereocenters. The van der Waals surface area contributed by atoms with E-state index >= 15 is 0 Å². The third-order valence-electron chi connectivity index (χ3n) is 3.50. The highest BCUT2D eigenvalue weighted by Gasteiger charge is 2.29. The predicted molar refractivity (Wildman–Crippen MR) is 63.8 cm³/mol. The van der Waals surface area contributed by atoms with Crippen LogP contribution in [0.15, 0.2) is 12.7 Å². The van der Waals surface area contributed by atoms with E-state index in [1.54, 1.807) is 0 Å². The van der Waals surface area contributed by atoms with Crippen molar-refractivity contribution in [3.63, 3.8) is 0 Å². The molecular weight excluding hydrogens is 188 g/mol. The fourth-order valence-corrected chi connectivity index (χ4v) is 6.04. The Hall–Kier alpha value is -0.123. The van der Waals surface area contributed by atoms with Crippen LogP contribution in [0.25, 0.3) is 0 Å². The van der Waals surface area contributed by atoms with Crippen LogP contribution >= 0.6 is 0 Å². The van der Waals surface area contributed by atoms with Crippen molar-refractivity contribution in [2.75, 3.05) is 26.2 Å². The van der Waals surface area contributed by atoms with Crippen LogP contribution in [0.2, 0.25) is 6.04 Å². The molecule has 0 aliphatic carbocycles. The van der Waals surface area contributed by atoms with Gasteiger partial charge in [0, 0.05) is 0 Å². The van der Waals surface area contributed by atoms with Crippen LogP contribution in [0.3, 0.4) is 0 Å². The quantitative estimate of drug-likeness (QED) is 0.513. The maximum absolute atomic E-state index is 3.92. The van der Waals surface area contributed by atoms with Crippen molar-refractivity contribution in [1.29, 1.82) is 0 Å². The van der Waals surface area contributed by atoms with Crippen molar-refractivity contribution in [1.82, 2.24) is 9.13 Å². The molecule has 0 amide bonds. The molecule has 2 aliphatic heterocycles. The summed E-state index contributed by atoms with van der Waals surface area (Å²) < 4.78 is 5.57. The van der Waals surface area contributed by atoms with Crippen molar-refractivity contribution >= 4 is 9.12 Å². The topological polar surface area (TPSA) is 6.48 Å². The third-order valence-corrected chi connectivity index (χ3v) is 6.98. The molecule has 0 spiro atoms. The summed E-state index contributed by atoms with van der Waals surface area (Å²) >= 11 is 0. The molecule has 0 aromatic carbocycles. The van der Waals surface area contributed by atoms with E-state index in [1.165, 1.54) is 57.9 Å². The van der Waals surface area contributed by atoms with Gasteiger partial charge in [0.05, 0.1) is 0 Å². The van der Waals surface area contributed by atoms with Crippen LogP contribution in [0.1, 0.15) is 25.7 Å². The molecular formula is C11H22N2Si. The second kappa shape index (κ2) is 5.10. The first-order chi connectivity index (χ1) is 6.92. The Labute approximate surface area is 89.3 Å². The van der Waals surface area contributed by atoms with Gasteiger partial charge >= 0.3 is 0 Å². The molecule has 2 saturated heterocycles. The number of hydrogen-bond acceptors (Lipinski definition) is 2. The van der Waals surface area contributed by atoms with E-state index in [0.717, 1.165) is 0 Å². The summed E-state index contributed by atoms with van der Waals surface area (Å²) in [5.74, 6) is 0. The van der Waals surface area contributed by atoms with E-state index < -0.39 is 9.12 Å². The van der Waals surface area contributed by atoms with Gasteiger partial charge in [-0.25, -0.2) is 0 Å². The summed E-state index contributed by atoms with van der Waals surface area (Å²) in [4.78, 5) is 0. The van der Waals surface area contributed by atoms with Crippen molar-refractivity contribution in [2.45, 2.75) is 31.7 Å². The molecule has 0 atom stereocenters. The normalized spacial score (nSPS) is 24.9. The highest BCUT2D eigenvalue weighted by atomic mass is 28.3. The molecule has 2 aliphatic rings. The minimum absolute atomic E-state index is 0.790. The standard InChI is InChI=1S/C11H22N2Si/c1-2-11-14(12-7-3-4-8-12)13-9-5-6-10-13/h2,14H,1,3-11H2. The van der Waals surface area contributed by atoms with Crippen molar-refractivity contribution in [2.24, 2.45) is 0 Å². The maximum atomic E-state index is 3.92. The van der Waals surface area contributed by atoms with Gasteiger partial charge in [0.2, 0.25) is 0 Å². The lowest BCUT2D eigenvalue weighted by molar-refractivity contribution is 0.426. The van der Waals surface area contributed by atoms with Gasteiger partial charge < -0.3 is 9.13 Å². The third kappa shape index (κ3) is 2.27. The smallest absolute Gasteiger partial charge is 0.193 e. The van der Waals surface area contributed by atoms with Crippen LogP contribution in [0.4, 0.5) is 0 Å². The van der Waals surface area contributed by atoms with Crippen LogP contribution in [-0.2, 0) is 0 Å². The molecule has 80 valence electrons. The fourth-order valence-electron chi connectivity index (χ4n) is 2.76. The average molecular weight is 210 g/mol. The molecule has 2 heterocycles. The number of allylic oxidation sites excluding steroid dienone is 1. The van der Waals surface area contributed by atoms with E-state index in [-0.39, 0.29) is 0 Å². The van der Waals surface area contributed by atoms with Crippen LogP contribution < -0.4 is 0 Å². The first kappa shape index (κ1) is 10.4. The van der Waals surface area contributed by atoms with Gasteiger partial charge in [-0.3, -0.25) is 0 Å². The largest absolute Gasteiger partial charge is 0.314 e. The van der Waals surface area contributed by atoms with Gasteiger partial charge in [-0.05, 0) is 57.9 Å². The highest BCUT2D eigenvalue weighted by Crippen LogP contribution is 2.19. The second-order valence-corrected chi connectivity index (χ2v) is 7.38. The van der Waals surface area contributed by atoms with Gasteiger partial charge in [0.25, 0.3) is 0 Å². The average Bonchev–Trinajstić information content (AvgIpc) is 2.87. The van der Waals surface area contributed by atoms with Gasteiger partial charge in [-0.2, -0.15) is 0 Å². The molecule has 3 heteroatoms. The molecule has 0 N–H and O–H groups in total. The Balaban J connectivity index is 1.94. The van der Waals surface area contributed by atoms with Crippen molar-refractivity contribution in [3.8, 4) is 0 Å². The molecule has 0 aromatic heterocycles. The number of rotatable bonds is 4. The van der Waals surface area contributed by atoms with Crippen molar-refractivity contribution in [3.05, 3.63) is 12.7 Å². The van der Waals surface area contributed by atoms with Gasteiger partial charge in [0.1, 0.15) is 0 Å². The summed E-state index contributed by atoms with van der Waals surface area (Å²) in [5.41, 5.74) is 0. The molecule has 0 aromatic rings. The monoisotopic (exact) mass is 210 g/mol. The van der Waals surface area contributed by atoms with Gasteiger partial charge in [-0.15, -0.1) is 6.58 Å². The number of hydrogen-bond donors (Lipinski definition) is 0. The fraction of sp³-hybridized carbons (Fsp3) is 0.818. The van der Waals surface area contributed by atoms with E-state index in [1.807, 2.05) is 0 Å². The second-order valence-electron chi connectivity index (χ2n) is 4.49. The Morgan fingerprint density at radius 2 is 1.36 bits per heavy atom. The first-order valence-corrected chi connectivity index (χ1v) is 7.86. The van der Waals surface area contributed by atoms with Crippen LogP contribution in [0.5, 0.6) is 0 Å². The van der Waals surface area contributed by atoms with E-state index in [2.05, 4.69) is 21.8 Å². The summed E-state index contributed by atoms with van der Waals surface area (Å²) in [6.45, 7) is 9.37. The number of nitrogens with zero attached hydrogens (tertiary/aromatic N) is 2. The van der Waals surface area contributed by atoms with E-state index in [9.17, 15) is 0 Å². The molecule has 0 radical (unpaired) electrons. The molecule has 2 nitrogen and oxygen atoms in total. The zero-order valence-electron chi connectivity index (χ0n) is 9.12. The van der Waals surface area contributed by atoms with E-state index in [0.29, 0.717) is 0 Å². The van der Waals surface area contributed by atoms with Gasteiger partial charge in [-0.1, -0.05) is 6.08 Å². The van der Waals surface area contributed by atoms with Crippen LogP contribution in [0, 0.1) is 0 Å². The zero-order chi connectivity index (χ0) is 9.80. The minimum Gasteiger partial charge on any atom is -0.314 e. The highest BCUT2D eigenvalue weighted by molar-refractivity contribution is 6.53. The predicted octanol–water partition coefficient (Wildman–Crippen LogP) is 1.58. The SMILES string of the molecule is C=CC[SiH](N1CCCC1)N1CCCC1. The Morgan fingerprint density at radius 3 is 1.71 bits per heavy atom. The molecule has 2 fully saturated rings. The van der Waals surface area contributed by atoms with Gasteiger partial charge in [0.15, 0.2) is 9.12 Å². The Morgan fingerprint density at radius 1 is 0.929 bits per heavy atom. The minimum atomic E-state index is -0.790. The summed E-state index contributed by atoms with van der Waals surface area (Å²) in [5, 5.41) is 0. The first-order valence-electron chi connectivity index (χ1n) is 6.01. The molecule has 2 rings (SSSR count). The molecule has 14 heavy (non-hydrogen) atoms. The summed E-state index contributed by atoms with van der Waals surface area (Å²) in [7, 11) is -0.790. The summed E-state index contributed by atoms with van der Waals surface area (Å²) in [6.07, 6.45) is 7.85. The Bertz CT molecular complexity index is 168. The zero-order valence-corrected chi connectivity index (χ0v) is 10.3. The lowest BCUT2D eigenvalue weighted by Gasteiger charge is -2.32. The maximum Gasteiger partial charge on any atom is 0.193 e. The van der Waals surface area contributed by atoms with E-state index in [4.69, 9.17) is 0 Å². The molecule has 0 saturated carbocycles. The molecule has 0 bridgehead atoms.